The highest BCUT2D eigenvalue weighted by Gasteiger charge is 2.26. The van der Waals surface area contributed by atoms with Gasteiger partial charge in [-0.25, -0.2) is 8.42 Å². The van der Waals surface area contributed by atoms with Gasteiger partial charge in [-0.15, -0.1) is 0 Å². The first kappa shape index (κ1) is 20.4. The van der Waals surface area contributed by atoms with E-state index in [-0.39, 0.29) is 4.90 Å². The van der Waals surface area contributed by atoms with E-state index in [0.29, 0.717) is 47.4 Å². The maximum absolute atomic E-state index is 12.8. The summed E-state index contributed by atoms with van der Waals surface area (Å²) in [5, 5.41) is 4.03. The number of piperidine rings is 1. The Morgan fingerprint density at radius 1 is 0.900 bits per heavy atom. The Labute approximate surface area is 175 Å². The van der Waals surface area contributed by atoms with Crippen LogP contribution in [0, 0.1) is 0 Å². The fourth-order valence-electron chi connectivity index (χ4n) is 3.42. The van der Waals surface area contributed by atoms with Gasteiger partial charge in [-0.1, -0.05) is 11.6 Å². The van der Waals surface area contributed by atoms with E-state index in [1.165, 1.54) is 0 Å². The number of methoxy groups -OCH3 is 2. The average Bonchev–Trinajstić information content (AvgIpc) is 3.30. The number of sulfonamides is 1. The van der Waals surface area contributed by atoms with Crippen molar-refractivity contribution in [1.29, 1.82) is 0 Å². The second kappa shape index (κ2) is 8.45. The molecule has 0 spiro atoms. The normalized spacial score (nSPS) is 15.1. The first-order valence-corrected chi connectivity index (χ1v) is 11.1. The minimum Gasteiger partial charge on any atom is -0.497 e. The fourth-order valence-corrected chi connectivity index (χ4v) is 4.94. The molecule has 0 amide bonds. The quantitative estimate of drug-likeness (QED) is 0.591. The van der Waals surface area contributed by atoms with Crippen LogP contribution < -0.4 is 9.47 Å². The van der Waals surface area contributed by atoms with Crippen LogP contribution in [-0.2, 0) is 10.0 Å². The highest BCUT2D eigenvalue weighted by molar-refractivity contribution is 7.89. The largest absolute Gasteiger partial charge is 0.497 e. The molecular weight excluding hydrogens is 406 g/mol. The number of rotatable bonds is 6. The van der Waals surface area contributed by atoms with Crippen molar-refractivity contribution in [3.05, 3.63) is 42.5 Å². The Bertz CT molecular complexity index is 1100. The molecule has 0 radical (unpaired) electrons. The molecule has 1 aromatic heterocycles. The highest BCUT2D eigenvalue weighted by atomic mass is 32.2. The summed E-state index contributed by atoms with van der Waals surface area (Å²) in [6.45, 7) is 1.14. The second-order valence-corrected chi connectivity index (χ2v) is 8.95. The Morgan fingerprint density at radius 3 is 2.13 bits per heavy atom. The molecule has 2 aromatic carbocycles. The SMILES string of the molecule is COc1cc(OC)cc(-c2nc(-c3ccc(S(=O)(=O)N4CCCCC4)cc3)no2)c1. The third-order valence-electron chi connectivity index (χ3n) is 5.09. The van der Waals surface area contributed by atoms with Gasteiger partial charge in [-0.05, 0) is 49.2 Å². The summed E-state index contributed by atoms with van der Waals surface area (Å²) in [5.41, 5.74) is 1.33. The van der Waals surface area contributed by atoms with E-state index in [9.17, 15) is 8.42 Å². The van der Waals surface area contributed by atoms with E-state index in [2.05, 4.69) is 10.1 Å². The van der Waals surface area contributed by atoms with E-state index in [1.807, 2.05) is 0 Å². The molecule has 0 atom stereocenters. The number of hydrogen-bond acceptors (Lipinski definition) is 7. The van der Waals surface area contributed by atoms with Crippen LogP contribution in [0.2, 0.25) is 0 Å². The first-order chi connectivity index (χ1) is 14.5. The van der Waals surface area contributed by atoms with Gasteiger partial charge in [0, 0.05) is 30.3 Å². The third kappa shape index (κ3) is 4.03. The van der Waals surface area contributed by atoms with Crippen LogP contribution >= 0.6 is 0 Å². The summed E-state index contributed by atoms with van der Waals surface area (Å²) >= 11 is 0. The van der Waals surface area contributed by atoms with Gasteiger partial charge >= 0.3 is 0 Å². The van der Waals surface area contributed by atoms with Gasteiger partial charge in [-0.2, -0.15) is 9.29 Å². The maximum Gasteiger partial charge on any atom is 0.258 e. The van der Waals surface area contributed by atoms with Gasteiger partial charge in [0.05, 0.1) is 19.1 Å². The molecule has 2 heterocycles. The zero-order chi connectivity index (χ0) is 21.1. The van der Waals surface area contributed by atoms with Gasteiger partial charge in [0.25, 0.3) is 5.89 Å². The zero-order valence-electron chi connectivity index (χ0n) is 16.9. The van der Waals surface area contributed by atoms with E-state index >= 15 is 0 Å². The van der Waals surface area contributed by atoms with Crippen molar-refractivity contribution in [2.24, 2.45) is 0 Å². The molecule has 0 aliphatic carbocycles. The Balaban J connectivity index is 1.58. The summed E-state index contributed by atoms with van der Waals surface area (Å²) < 4.78 is 43.1. The topological polar surface area (TPSA) is 94.8 Å². The van der Waals surface area contributed by atoms with Gasteiger partial charge in [0.2, 0.25) is 15.8 Å². The monoisotopic (exact) mass is 429 g/mol. The number of benzene rings is 2. The Morgan fingerprint density at radius 2 is 1.53 bits per heavy atom. The van der Waals surface area contributed by atoms with Crippen molar-refractivity contribution < 1.29 is 22.4 Å². The fraction of sp³-hybridized carbons (Fsp3) is 0.333. The lowest BCUT2D eigenvalue weighted by Crippen LogP contribution is -2.35. The van der Waals surface area contributed by atoms with E-state index in [4.69, 9.17) is 14.0 Å². The van der Waals surface area contributed by atoms with Crippen LogP contribution in [0.4, 0.5) is 0 Å². The van der Waals surface area contributed by atoms with Crippen LogP contribution in [0.3, 0.4) is 0 Å². The minimum atomic E-state index is -3.47. The lowest BCUT2D eigenvalue weighted by Gasteiger charge is -2.25. The molecular formula is C21H23N3O5S. The van der Waals surface area contributed by atoms with Crippen molar-refractivity contribution >= 4 is 10.0 Å². The van der Waals surface area contributed by atoms with Crippen molar-refractivity contribution in [3.8, 4) is 34.3 Å². The lowest BCUT2D eigenvalue weighted by molar-refractivity contribution is 0.346. The number of ether oxygens (including phenoxy) is 2. The molecule has 3 aromatic rings. The molecule has 158 valence electrons. The molecule has 8 nitrogen and oxygen atoms in total. The van der Waals surface area contributed by atoms with E-state index < -0.39 is 10.0 Å². The van der Waals surface area contributed by atoms with E-state index in [1.54, 1.807) is 61.0 Å². The lowest BCUT2D eigenvalue weighted by atomic mass is 10.2. The summed E-state index contributed by atoms with van der Waals surface area (Å²) in [7, 11) is -0.339. The summed E-state index contributed by atoms with van der Waals surface area (Å²) in [6, 6.07) is 11.9. The maximum atomic E-state index is 12.8. The molecule has 1 saturated heterocycles. The molecule has 1 aliphatic rings. The molecule has 9 heteroatoms. The van der Waals surface area contributed by atoms with Crippen molar-refractivity contribution in [1.82, 2.24) is 14.4 Å². The van der Waals surface area contributed by atoms with Crippen LogP contribution in [0.5, 0.6) is 11.5 Å². The van der Waals surface area contributed by atoms with Crippen molar-refractivity contribution in [2.45, 2.75) is 24.2 Å². The van der Waals surface area contributed by atoms with Crippen LogP contribution in [-0.4, -0.2) is 50.2 Å². The summed E-state index contributed by atoms with van der Waals surface area (Å²) in [4.78, 5) is 4.71. The standard InChI is InChI=1S/C21H23N3O5S/c1-27-17-12-16(13-18(14-17)28-2)21-22-20(23-29-21)15-6-8-19(9-7-15)30(25,26)24-10-4-3-5-11-24/h6-9,12-14H,3-5,10-11H2,1-2H3. The predicted octanol–water partition coefficient (Wildman–Crippen LogP) is 3.60. The van der Waals surface area contributed by atoms with Gasteiger partial charge in [0.15, 0.2) is 0 Å². The van der Waals surface area contributed by atoms with Crippen molar-refractivity contribution in [2.75, 3.05) is 27.3 Å². The molecule has 0 N–H and O–H groups in total. The Kier molecular flexibility index (Phi) is 5.74. The highest BCUT2D eigenvalue weighted by Crippen LogP contribution is 2.30. The summed E-state index contributed by atoms with van der Waals surface area (Å²) in [5.74, 6) is 1.90. The average molecular weight is 429 g/mol. The van der Waals surface area contributed by atoms with Crippen LogP contribution in [0.25, 0.3) is 22.8 Å². The predicted molar refractivity (Wildman–Crippen MR) is 111 cm³/mol. The van der Waals surface area contributed by atoms with Crippen LogP contribution in [0.1, 0.15) is 19.3 Å². The number of nitrogens with zero attached hydrogens (tertiary/aromatic N) is 3. The molecule has 0 unspecified atom stereocenters. The van der Waals surface area contributed by atoms with Crippen molar-refractivity contribution in [3.63, 3.8) is 0 Å². The number of aromatic nitrogens is 2. The summed E-state index contributed by atoms with van der Waals surface area (Å²) in [6.07, 6.45) is 2.88. The third-order valence-corrected chi connectivity index (χ3v) is 7.00. The molecule has 30 heavy (non-hydrogen) atoms. The number of hydrogen-bond donors (Lipinski definition) is 0. The molecule has 4 rings (SSSR count). The molecule has 0 saturated carbocycles. The second-order valence-electron chi connectivity index (χ2n) is 7.01. The zero-order valence-corrected chi connectivity index (χ0v) is 17.7. The molecule has 1 aliphatic heterocycles. The molecule has 1 fully saturated rings. The Hall–Kier alpha value is -2.91. The van der Waals surface area contributed by atoms with Gasteiger partial charge in [-0.3, -0.25) is 0 Å². The van der Waals surface area contributed by atoms with Gasteiger partial charge in [0.1, 0.15) is 11.5 Å². The molecule has 0 bridgehead atoms. The van der Waals surface area contributed by atoms with Gasteiger partial charge < -0.3 is 14.0 Å². The van der Waals surface area contributed by atoms with Crippen LogP contribution in [0.15, 0.2) is 51.9 Å². The minimum absolute atomic E-state index is 0.273. The first-order valence-electron chi connectivity index (χ1n) is 9.69. The smallest absolute Gasteiger partial charge is 0.258 e. The van der Waals surface area contributed by atoms with E-state index in [0.717, 1.165) is 19.3 Å².